The molecule has 0 aromatic carbocycles. The Morgan fingerprint density at radius 1 is 1.50 bits per heavy atom. The smallest absolute Gasteiger partial charge is 0.265 e. The Morgan fingerprint density at radius 3 is 2.69 bits per heavy atom. The molecule has 0 aliphatic heterocycles. The first-order chi connectivity index (χ1) is 7.43. The molecule has 0 amide bonds. The second kappa shape index (κ2) is 5.50. The third kappa shape index (κ3) is 3.09. The Hall–Kier alpha value is -0.810. The SMILES string of the molecule is Cc1c(N)cn(CCCN(C)C)c(=O)c1Br. The van der Waals surface area contributed by atoms with Gasteiger partial charge in [-0.2, -0.15) is 0 Å². The van der Waals surface area contributed by atoms with Gasteiger partial charge in [-0.1, -0.05) is 0 Å². The number of nitrogens with two attached hydrogens (primary N) is 1. The van der Waals surface area contributed by atoms with E-state index in [1.54, 1.807) is 10.8 Å². The minimum Gasteiger partial charge on any atom is -0.397 e. The molecular weight excluding hydrogens is 270 g/mol. The largest absolute Gasteiger partial charge is 0.397 e. The fourth-order valence-corrected chi connectivity index (χ4v) is 1.92. The first-order valence-electron chi connectivity index (χ1n) is 5.23. The Bertz CT molecular complexity index is 426. The molecule has 5 heteroatoms. The summed E-state index contributed by atoms with van der Waals surface area (Å²) in [4.78, 5) is 14.0. The topological polar surface area (TPSA) is 51.3 Å². The molecule has 4 nitrogen and oxygen atoms in total. The van der Waals surface area contributed by atoms with Crippen LogP contribution < -0.4 is 11.3 Å². The number of nitrogen functional groups attached to an aromatic ring is 1. The van der Waals surface area contributed by atoms with Gasteiger partial charge in [-0.3, -0.25) is 4.79 Å². The molecule has 1 aromatic heterocycles. The zero-order chi connectivity index (χ0) is 12.3. The lowest BCUT2D eigenvalue weighted by molar-refractivity contribution is 0.385. The van der Waals surface area contributed by atoms with E-state index in [1.807, 2.05) is 21.0 Å². The molecule has 0 saturated carbocycles. The van der Waals surface area contributed by atoms with Crippen LogP contribution in [-0.4, -0.2) is 30.1 Å². The normalized spacial score (nSPS) is 11.1. The molecule has 0 radical (unpaired) electrons. The van der Waals surface area contributed by atoms with E-state index in [2.05, 4.69) is 20.8 Å². The van der Waals surface area contributed by atoms with Gasteiger partial charge in [0.15, 0.2) is 0 Å². The van der Waals surface area contributed by atoms with E-state index in [9.17, 15) is 4.79 Å². The predicted molar refractivity (Wildman–Crippen MR) is 70.7 cm³/mol. The average molecular weight is 288 g/mol. The fourth-order valence-electron chi connectivity index (χ4n) is 1.46. The van der Waals surface area contributed by atoms with Crippen molar-refractivity contribution in [1.29, 1.82) is 0 Å². The van der Waals surface area contributed by atoms with Gasteiger partial charge >= 0.3 is 0 Å². The van der Waals surface area contributed by atoms with Gasteiger partial charge in [0.25, 0.3) is 5.56 Å². The Balaban J connectivity index is 2.86. The lowest BCUT2D eigenvalue weighted by Crippen LogP contribution is -2.24. The molecule has 0 aliphatic rings. The van der Waals surface area contributed by atoms with Crippen molar-refractivity contribution in [2.75, 3.05) is 26.4 Å². The molecule has 16 heavy (non-hydrogen) atoms. The van der Waals surface area contributed by atoms with Crippen LogP contribution in [0, 0.1) is 6.92 Å². The van der Waals surface area contributed by atoms with Gasteiger partial charge < -0.3 is 15.2 Å². The van der Waals surface area contributed by atoms with Crippen molar-refractivity contribution in [2.24, 2.45) is 0 Å². The number of anilines is 1. The zero-order valence-electron chi connectivity index (χ0n) is 9.96. The second-order valence-corrected chi connectivity index (χ2v) is 4.97. The van der Waals surface area contributed by atoms with Gasteiger partial charge in [-0.05, 0) is 55.5 Å². The molecule has 1 aromatic rings. The van der Waals surface area contributed by atoms with Gasteiger partial charge in [-0.25, -0.2) is 0 Å². The molecular formula is C11H18BrN3O. The molecule has 1 rings (SSSR count). The highest BCUT2D eigenvalue weighted by Crippen LogP contribution is 2.16. The van der Waals surface area contributed by atoms with E-state index in [1.165, 1.54) is 0 Å². The van der Waals surface area contributed by atoms with Gasteiger partial charge in [-0.15, -0.1) is 0 Å². The number of hydrogen-bond acceptors (Lipinski definition) is 3. The van der Waals surface area contributed by atoms with Crippen LogP contribution in [-0.2, 0) is 6.54 Å². The van der Waals surface area contributed by atoms with Crippen LogP contribution >= 0.6 is 15.9 Å². The molecule has 2 N–H and O–H groups in total. The maximum absolute atomic E-state index is 11.9. The van der Waals surface area contributed by atoms with Crippen molar-refractivity contribution >= 4 is 21.6 Å². The Kier molecular flexibility index (Phi) is 4.56. The summed E-state index contributed by atoms with van der Waals surface area (Å²) in [5.41, 5.74) is 7.28. The third-order valence-electron chi connectivity index (χ3n) is 2.51. The first kappa shape index (κ1) is 13.3. The summed E-state index contributed by atoms with van der Waals surface area (Å²) in [6.45, 7) is 3.49. The first-order valence-corrected chi connectivity index (χ1v) is 6.02. The lowest BCUT2D eigenvalue weighted by atomic mass is 10.2. The standard InChI is InChI=1S/C11H18BrN3O/c1-8-9(13)7-15(11(16)10(8)12)6-4-5-14(2)3/h7H,4-6,13H2,1-3H3. The number of aromatic nitrogens is 1. The van der Waals surface area contributed by atoms with Crippen molar-refractivity contribution < 1.29 is 0 Å². The number of rotatable bonds is 4. The highest BCUT2D eigenvalue weighted by molar-refractivity contribution is 9.10. The monoisotopic (exact) mass is 287 g/mol. The summed E-state index contributed by atoms with van der Waals surface area (Å²) in [5, 5.41) is 0. The molecule has 0 atom stereocenters. The number of pyridine rings is 1. The van der Waals surface area contributed by atoms with Crippen LogP contribution in [0.1, 0.15) is 12.0 Å². The minimum absolute atomic E-state index is 0.00884. The molecule has 0 bridgehead atoms. The van der Waals surface area contributed by atoms with E-state index >= 15 is 0 Å². The predicted octanol–water partition coefficient (Wildman–Crippen LogP) is 1.45. The van der Waals surface area contributed by atoms with E-state index in [0.29, 0.717) is 16.7 Å². The van der Waals surface area contributed by atoms with Crippen LogP contribution in [0.3, 0.4) is 0 Å². The van der Waals surface area contributed by atoms with E-state index in [4.69, 9.17) is 5.73 Å². The highest BCUT2D eigenvalue weighted by atomic mass is 79.9. The van der Waals surface area contributed by atoms with Gasteiger partial charge in [0.05, 0.1) is 10.2 Å². The molecule has 1 heterocycles. The minimum atomic E-state index is -0.00884. The van der Waals surface area contributed by atoms with Gasteiger partial charge in [0.2, 0.25) is 0 Å². The molecule has 0 saturated heterocycles. The summed E-state index contributed by atoms with van der Waals surface area (Å²) >= 11 is 3.28. The number of aryl methyl sites for hydroxylation is 1. The van der Waals surface area contributed by atoms with Crippen molar-refractivity contribution in [3.63, 3.8) is 0 Å². The van der Waals surface area contributed by atoms with Crippen LogP contribution in [0.2, 0.25) is 0 Å². The van der Waals surface area contributed by atoms with Crippen molar-refractivity contribution in [2.45, 2.75) is 19.9 Å². The van der Waals surface area contributed by atoms with Crippen LogP contribution in [0.5, 0.6) is 0 Å². The fraction of sp³-hybridized carbons (Fsp3) is 0.545. The summed E-state index contributed by atoms with van der Waals surface area (Å²) < 4.78 is 2.23. The second-order valence-electron chi connectivity index (χ2n) is 4.18. The lowest BCUT2D eigenvalue weighted by Gasteiger charge is -2.12. The maximum Gasteiger partial charge on any atom is 0.265 e. The van der Waals surface area contributed by atoms with Gasteiger partial charge in [0.1, 0.15) is 0 Å². The average Bonchev–Trinajstić information content (AvgIpc) is 2.22. The van der Waals surface area contributed by atoms with Crippen molar-refractivity contribution in [1.82, 2.24) is 9.47 Å². The molecule has 0 aliphatic carbocycles. The van der Waals surface area contributed by atoms with E-state index in [-0.39, 0.29) is 5.56 Å². The van der Waals surface area contributed by atoms with Crippen LogP contribution in [0.25, 0.3) is 0 Å². The number of nitrogens with zero attached hydrogens (tertiary/aromatic N) is 2. The highest BCUT2D eigenvalue weighted by Gasteiger charge is 2.07. The zero-order valence-corrected chi connectivity index (χ0v) is 11.5. The molecule has 0 unspecified atom stereocenters. The van der Waals surface area contributed by atoms with Crippen molar-refractivity contribution in [3.05, 3.63) is 26.6 Å². The van der Waals surface area contributed by atoms with Crippen LogP contribution in [0.15, 0.2) is 15.5 Å². The van der Waals surface area contributed by atoms with Crippen molar-refractivity contribution in [3.8, 4) is 0 Å². The summed E-state index contributed by atoms with van der Waals surface area (Å²) in [7, 11) is 4.03. The number of hydrogen-bond donors (Lipinski definition) is 1. The Morgan fingerprint density at radius 2 is 2.12 bits per heavy atom. The molecule has 0 fully saturated rings. The van der Waals surface area contributed by atoms with Crippen LogP contribution in [0.4, 0.5) is 5.69 Å². The number of halogens is 1. The summed E-state index contributed by atoms with van der Waals surface area (Å²) in [6.07, 6.45) is 2.65. The quantitative estimate of drug-likeness (QED) is 0.912. The summed E-state index contributed by atoms with van der Waals surface area (Å²) in [5.74, 6) is 0. The molecule has 0 spiro atoms. The van der Waals surface area contributed by atoms with Gasteiger partial charge in [0, 0.05) is 12.7 Å². The molecule has 90 valence electrons. The van der Waals surface area contributed by atoms with E-state index < -0.39 is 0 Å². The maximum atomic E-state index is 11.9. The van der Waals surface area contributed by atoms with E-state index in [0.717, 1.165) is 18.5 Å². The third-order valence-corrected chi connectivity index (χ3v) is 3.44. The Labute approximate surface area is 104 Å². The summed E-state index contributed by atoms with van der Waals surface area (Å²) in [6, 6.07) is 0.